The Morgan fingerprint density at radius 1 is 1.20 bits per heavy atom. The summed E-state index contributed by atoms with van der Waals surface area (Å²) in [5.74, 6) is 5.54. The average molecular weight is 607 g/mol. The van der Waals surface area contributed by atoms with E-state index in [0.29, 0.717) is 55.7 Å². The summed E-state index contributed by atoms with van der Waals surface area (Å²) >= 11 is 1.16. The summed E-state index contributed by atoms with van der Waals surface area (Å²) in [5, 5.41) is 10.2. The number of nitrogens with zero attached hydrogens (tertiary/aromatic N) is 1. The van der Waals surface area contributed by atoms with Crippen molar-refractivity contribution in [1.82, 2.24) is 10.2 Å². The Labute approximate surface area is 240 Å². The highest BCUT2D eigenvalue weighted by Gasteiger charge is 2.32. The Hall–Kier alpha value is -3.06. The SMILES string of the molecule is CN1CC[C@@H](Nc2cccc3c(CC(F)(F)F)c(C#CCNc4ccc(P(C)(C)=O)c5c4C(=O)NC5)sc23)[C@@H](F)C1. The molecule has 0 saturated carbocycles. The van der Waals surface area contributed by atoms with E-state index in [4.69, 9.17) is 0 Å². The Bertz CT molecular complexity index is 1600. The van der Waals surface area contributed by atoms with Gasteiger partial charge in [-0.25, -0.2) is 4.39 Å². The second-order valence-corrected chi connectivity index (χ2v) is 15.1. The summed E-state index contributed by atoms with van der Waals surface area (Å²) in [6.45, 7) is 4.70. The Morgan fingerprint density at radius 2 is 1.98 bits per heavy atom. The van der Waals surface area contributed by atoms with Gasteiger partial charge in [-0.15, -0.1) is 11.3 Å². The molecule has 2 aliphatic rings. The van der Waals surface area contributed by atoms with Gasteiger partial charge in [-0.3, -0.25) is 4.79 Å². The predicted molar refractivity (Wildman–Crippen MR) is 158 cm³/mol. The molecule has 6 nitrogen and oxygen atoms in total. The number of likely N-dealkylation sites (tertiary alicyclic amines) is 1. The molecule has 0 radical (unpaired) electrons. The lowest BCUT2D eigenvalue weighted by atomic mass is 10.0. The molecule has 1 amide bonds. The van der Waals surface area contributed by atoms with Crippen molar-refractivity contribution in [1.29, 1.82) is 0 Å². The van der Waals surface area contributed by atoms with Crippen molar-refractivity contribution < 1.29 is 26.9 Å². The molecule has 0 spiro atoms. The summed E-state index contributed by atoms with van der Waals surface area (Å²) in [6, 6.07) is 8.09. The second-order valence-electron chi connectivity index (χ2n) is 10.9. The molecule has 3 aromatic rings. The van der Waals surface area contributed by atoms with Crippen molar-refractivity contribution in [2.45, 2.75) is 37.8 Å². The van der Waals surface area contributed by atoms with Crippen molar-refractivity contribution in [3.8, 4) is 11.8 Å². The zero-order chi connectivity index (χ0) is 29.5. The van der Waals surface area contributed by atoms with E-state index in [1.807, 2.05) is 11.9 Å². The van der Waals surface area contributed by atoms with Crippen LogP contribution in [-0.2, 0) is 17.5 Å². The average Bonchev–Trinajstić information content (AvgIpc) is 3.43. The first-order valence-corrected chi connectivity index (χ1v) is 16.7. The van der Waals surface area contributed by atoms with Crippen LogP contribution >= 0.6 is 18.5 Å². The topological polar surface area (TPSA) is 73.5 Å². The standard InChI is InChI=1S/C29H31F4N4O2PS/c1-37-13-11-21(20(30)16-37)36-23-7-4-6-17-18(14-29(31,32)33)25(41-27(17)23)8-5-12-34-22-9-10-24(40(2,3)39)19-15-35-28(38)26(19)22/h4,6-7,9-10,20-21,34,36H,11-16H2,1-3H3,(H,35,38)/t20-,21+/m0/s1. The number of alkyl halides is 4. The number of carbonyl (C=O) groups excluding carboxylic acids is 1. The van der Waals surface area contributed by atoms with Crippen molar-refractivity contribution in [3.63, 3.8) is 0 Å². The van der Waals surface area contributed by atoms with Gasteiger partial charge in [0.15, 0.2) is 0 Å². The number of carbonyl (C=O) groups is 1. The summed E-state index contributed by atoms with van der Waals surface area (Å²) in [5.41, 5.74) is 2.34. The van der Waals surface area contributed by atoms with Crippen LogP contribution in [0.5, 0.6) is 0 Å². The van der Waals surface area contributed by atoms with Gasteiger partial charge in [0.25, 0.3) is 5.91 Å². The Balaban J connectivity index is 1.43. The first-order valence-electron chi connectivity index (χ1n) is 13.2. The molecule has 3 heterocycles. The molecule has 2 aliphatic heterocycles. The minimum absolute atomic E-state index is 0.0823. The van der Waals surface area contributed by atoms with Gasteiger partial charge in [-0.05, 0) is 61.5 Å². The van der Waals surface area contributed by atoms with Crippen LogP contribution in [0.1, 0.15) is 32.8 Å². The Kier molecular flexibility index (Phi) is 8.12. The molecule has 0 unspecified atom stereocenters. The van der Waals surface area contributed by atoms with Crippen molar-refractivity contribution in [2.75, 3.05) is 50.6 Å². The number of amides is 1. The van der Waals surface area contributed by atoms with Crippen molar-refractivity contribution in [3.05, 3.63) is 51.9 Å². The van der Waals surface area contributed by atoms with E-state index >= 15 is 0 Å². The van der Waals surface area contributed by atoms with Crippen LogP contribution in [-0.4, -0.2) is 69.2 Å². The number of piperidine rings is 1. The van der Waals surface area contributed by atoms with E-state index < -0.39 is 32.0 Å². The molecule has 12 heteroatoms. The van der Waals surface area contributed by atoms with Crippen LogP contribution in [0.15, 0.2) is 30.3 Å². The number of fused-ring (bicyclic) bond motifs is 2. The lowest BCUT2D eigenvalue weighted by molar-refractivity contribution is -0.126. The normalized spacial score (nSPS) is 19.4. The van der Waals surface area contributed by atoms with Gasteiger partial charge < -0.3 is 25.4 Å². The maximum absolute atomic E-state index is 14.7. The summed E-state index contributed by atoms with van der Waals surface area (Å²) in [4.78, 5) is 14.7. The molecular weight excluding hydrogens is 575 g/mol. The summed E-state index contributed by atoms with van der Waals surface area (Å²) in [7, 11) is -0.745. The van der Waals surface area contributed by atoms with Gasteiger partial charge in [-0.1, -0.05) is 24.0 Å². The molecule has 0 bridgehead atoms. The number of anilines is 2. The Morgan fingerprint density at radius 3 is 2.68 bits per heavy atom. The molecule has 2 aromatic carbocycles. The number of benzene rings is 2. The summed E-state index contributed by atoms with van der Waals surface area (Å²) < 4.78 is 68.8. The van der Waals surface area contributed by atoms with Gasteiger partial charge >= 0.3 is 6.18 Å². The molecule has 41 heavy (non-hydrogen) atoms. The lowest BCUT2D eigenvalue weighted by Crippen LogP contribution is -2.46. The molecule has 1 aromatic heterocycles. The molecule has 218 valence electrons. The van der Waals surface area contributed by atoms with Crippen LogP contribution in [0.25, 0.3) is 10.1 Å². The fraction of sp³-hybridized carbons (Fsp3) is 0.414. The van der Waals surface area contributed by atoms with Gasteiger partial charge in [0.1, 0.15) is 13.3 Å². The number of hydrogen-bond donors (Lipinski definition) is 3. The fourth-order valence-electron chi connectivity index (χ4n) is 5.43. The van der Waals surface area contributed by atoms with Gasteiger partial charge in [0, 0.05) is 30.6 Å². The van der Waals surface area contributed by atoms with Crippen LogP contribution in [0.3, 0.4) is 0 Å². The highest BCUT2D eigenvalue weighted by molar-refractivity contribution is 7.70. The van der Waals surface area contributed by atoms with Crippen molar-refractivity contribution >= 4 is 51.2 Å². The maximum Gasteiger partial charge on any atom is 0.393 e. The molecular formula is C29H31F4N4O2PS. The number of nitrogens with one attached hydrogen (secondary N) is 3. The van der Waals surface area contributed by atoms with Gasteiger partial charge in [0.05, 0.1) is 39.8 Å². The molecule has 2 atom stereocenters. The van der Waals surface area contributed by atoms with Gasteiger partial charge in [0.2, 0.25) is 0 Å². The van der Waals surface area contributed by atoms with E-state index in [-0.39, 0.29) is 24.6 Å². The van der Waals surface area contributed by atoms with E-state index in [0.717, 1.165) is 17.9 Å². The van der Waals surface area contributed by atoms with Crippen LogP contribution in [0.2, 0.25) is 0 Å². The minimum atomic E-state index is -4.43. The summed E-state index contributed by atoms with van der Waals surface area (Å²) in [6.07, 6.45) is -6.07. The number of halogens is 4. The third-order valence-corrected chi connectivity index (χ3v) is 10.1. The monoisotopic (exact) mass is 606 g/mol. The highest BCUT2D eigenvalue weighted by atomic mass is 32.1. The minimum Gasteiger partial charge on any atom is -0.378 e. The quantitative estimate of drug-likeness (QED) is 0.199. The maximum atomic E-state index is 14.7. The smallest absolute Gasteiger partial charge is 0.378 e. The van der Waals surface area contributed by atoms with Crippen LogP contribution in [0.4, 0.5) is 28.9 Å². The molecule has 1 saturated heterocycles. The highest BCUT2D eigenvalue weighted by Crippen LogP contribution is 2.40. The zero-order valence-electron chi connectivity index (χ0n) is 22.9. The lowest BCUT2D eigenvalue weighted by Gasteiger charge is -2.33. The molecule has 5 rings (SSSR count). The number of thiophene rings is 1. The first kappa shape index (κ1) is 29.4. The van der Waals surface area contributed by atoms with E-state index in [1.54, 1.807) is 43.7 Å². The third kappa shape index (κ3) is 6.40. The first-order chi connectivity index (χ1) is 19.3. The fourth-order valence-corrected chi connectivity index (χ4v) is 7.87. The van der Waals surface area contributed by atoms with Crippen molar-refractivity contribution in [2.24, 2.45) is 0 Å². The molecule has 1 fully saturated rings. The van der Waals surface area contributed by atoms with Crippen LogP contribution < -0.4 is 21.3 Å². The number of rotatable bonds is 6. The largest absolute Gasteiger partial charge is 0.393 e. The van der Waals surface area contributed by atoms with Gasteiger partial charge in [-0.2, -0.15) is 13.2 Å². The van der Waals surface area contributed by atoms with E-state index in [9.17, 15) is 26.9 Å². The van der Waals surface area contributed by atoms with E-state index in [2.05, 4.69) is 27.8 Å². The zero-order valence-corrected chi connectivity index (χ0v) is 24.6. The molecule has 3 N–H and O–H groups in total. The third-order valence-electron chi connectivity index (χ3n) is 7.37. The second kappa shape index (κ2) is 11.3. The molecule has 0 aliphatic carbocycles. The van der Waals surface area contributed by atoms with Crippen LogP contribution in [0, 0.1) is 11.8 Å². The van der Waals surface area contributed by atoms with E-state index in [1.165, 1.54) is 0 Å². The predicted octanol–water partition coefficient (Wildman–Crippen LogP) is 5.42. The number of hydrogen-bond acceptors (Lipinski definition) is 6.